The van der Waals surface area contributed by atoms with Crippen LogP contribution in [0.1, 0.15) is 52.4 Å². The molecule has 2 aliphatic carbocycles. The topological polar surface area (TPSA) is 0 Å². The summed E-state index contributed by atoms with van der Waals surface area (Å²) in [6.07, 6.45) is 28.3. The number of allylic oxidation sites excluding steroid dienone is 8. The summed E-state index contributed by atoms with van der Waals surface area (Å²) < 4.78 is 1.10. The number of unbranched alkanes of at least 4 members (excludes halogenated alkanes) is 2. The molecule has 3 heteroatoms. The Bertz CT molecular complexity index is 406. The van der Waals surface area contributed by atoms with Gasteiger partial charge in [0.2, 0.25) is 0 Å². The first-order chi connectivity index (χ1) is 10.0. The molecular weight excluding hydrogens is 451 g/mol. The zero-order valence-electron chi connectivity index (χ0n) is 14.4. The van der Waals surface area contributed by atoms with Crippen LogP contribution in [-0.2, 0) is 18.3 Å². The molecule has 0 aliphatic heterocycles. The fourth-order valence-electron chi connectivity index (χ4n) is 4.18. The summed E-state index contributed by atoms with van der Waals surface area (Å²) in [5, 5.41) is 0. The van der Waals surface area contributed by atoms with Crippen molar-refractivity contribution < 1.29 is 18.3 Å². The molecule has 0 fully saturated rings. The normalized spacial score (nSPS) is 21.8. The first kappa shape index (κ1) is 17.6. The summed E-state index contributed by atoms with van der Waals surface area (Å²) in [5.74, 6) is 0. The third-order valence-corrected chi connectivity index (χ3v) is 57.4. The predicted molar refractivity (Wildman–Crippen MR) is 101 cm³/mol. The van der Waals surface area contributed by atoms with Crippen LogP contribution in [0.25, 0.3) is 0 Å². The van der Waals surface area contributed by atoms with E-state index in [1.54, 1.807) is 0 Å². The van der Waals surface area contributed by atoms with Gasteiger partial charge in [0.1, 0.15) is 0 Å². The summed E-state index contributed by atoms with van der Waals surface area (Å²) in [6, 6.07) is 0. The third kappa shape index (κ3) is 3.16. The van der Waals surface area contributed by atoms with Crippen LogP contribution in [0.15, 0.2) is 48.6 Å². The Kier molecular flexibility index (Phi) is 6.06. The van der Waals surface area contributed by atoms with Gasteiger partial charge in [-0.1, -0.05) is 0 Å². The van der Waals surface area contributed by atoms with Crippen LogP contribution in [0.4, 0.5) is 0 Å². The zero-order valence-corrected chi connectivity index (χ0v) is 22.0. The number of hydrogen-bond acceptors (Lipinski definition) is 0. The van der Waals surface area contributed by atoms with Gasteiger partial charge in [-0.2, -0.15) is 0 Å². The van der Waals surface area contributed by atoms with Gasteiger partial charge >= 0.3 is 140 Å². The van der Waals surface area contributed by atoms with E-state index in [4.69, 9.17) is 0 Å². The fraction of sp³-hybridized carbons (Fsp3) is 0.556. The van der Waals surface area contributed by atoms with Gasteiger partial charge in [-0.15, -0.1) is 0 Å². The Morgan fingerprint density at radius 1 is 0.714 bits per heavy atom. The molecule has 0 aromatic carbocycles. The van der Waals surface area contributed by atoms with Crippen LogP contribution in [0.3, 0.4) is 0 Å². The van der Waals surface area contributed by atoms with Crippen molar-refractivity contribution in [2.24, 2.45) is 0 Å². The molecular formula is C18H32HfSi2. The van der Waals surface area contributed by atoms with E-state index >= 15 is 0 Å². The monoisotopic (exact) mass is 484 g/mol. The van der Waals surface area contributed by atoms with Gasteiger partial charge in [-0.3, -0.25) is 0 Å². The van der Waals surface area contributed by atoms with Crippen molar-refractivity contribution in [2.45, 2.75) is 58.7 Å². The van der Waals surface area contributed by atoms with Crippen molar-refractivity contribution in [2.75, 3.05) is 0 Å². The second kappa shape index (κ2) is 7.22. The second-order valence-corrected chi connectivity index (χ2v) is 74.8. The van der Waals surface area contributed by atoms with Gasteiger partial charge < -0.3 is 0 Å². The Morgan fingerprint density at radius 2 is 1.05 bits per heavy atom. The van der Waals surface area contributed by atoms with E-state index in [1.807, 2.05) is 0 Å². The van der Waals surface area contributed by atoms with E-state index < -0.39 is 18.3 Å². The summed E-state index contributed by atoms with van der Waals surface area (Å²) in [6.45, 7) is 4.69. The molecule has 0 N–H and O–H groups in total. The molecule has 0 nitrogen and oxygen atoms in total. The summed E-state index contributed by atoms with van der Waals surface area (Å²) in [4.78, 5) is 0. The van der Waals surface area contributed by atoms with Crippen molar-refractivity contribution in [3.05, 3.63) is 48.6 Å². The van der Waals surface area contributed by atoms with E-state index in [-0.39, 0.29) is 0 Å². The standard InChI is InChI=1S/2C9H13.Hf.2H3Si/c2*1-2-3-6-9-7-4-5-8-9;;;/h2*4-5,7-8H,2-3,6H2,1H3;;2*1H3. The zero-order chi connectivity index (χ0) is 15.4. The molecule has 0 atom stereocenters. The summed E-state index contributed by atoms with van der Waals surface area (Å²) in [5.41, 5.74) is 0. The molecule has 0 heterocycles. The first-order valence-electron chi connectivity index (χ1n) is 8.78. The molecule has 0 aromatic rings. The molecule has 0 aromatic heterocycles. The molecule has 0 amide bonds. The van der Waals surface area contributed by atoms with Crippen LogP contribution in [0, 0.1) is 0 Å². The number of rotatable bonds is 8. The Labute approximate surface area is 140 Å². The average Bonchev–Trinajstić information content (AvgIpc) is 3.14. The van der Waals surface area contributed by atoms with Gasteiger partial charge in [0, 0.05) is 0 Å². The fourth-order valence-corrected chi connectivity index (χ4v) is 39.5. The van der Waals surface area contributed by atoms with Gasteiger partial charge in [0.05, 0.1) is 0 Å². The minimum atomic E-state index is -2.34. The van der Waals surface area contributed by atoms with Crippen molar-refractivity contribution in [3.63, 3.8) is 0 Å². The first-order valence-corrected chi connectivity index (χ1v) is 35.9. The Morgan fingerprint density at radius 3 is 1.33 bits per heavy atom. The van der Waals surface area contributed by atoms with Crippen LogP contribution in [0.2, 0.25) is 6.34 Å². The van der Waals surface area contributed by atoms with E-state index in [1.165, 1.54) is 53.4 Å². The quantitative estimate of drug-likeness (QED) is 0.463. The number of hydrogen-bond donors (Lipinski definition) is 0. The Hall–Kier alpha value is 0.264. The van der Waals surface area contributed by atoms with Gasteiger partial charge in [0.15, 0.2) is 0 Å². The SMILES string of the molecule is CCCC[C]1([Hf]([SiH3])([SiH3])[C]2(CCCC)C=CC=C2)C=CC=C1. The maximum atomic E-state index is 2.64. The van der Waals surface area contributed by atoms with Crippen molar-refractivity contribution in [3.8, 4) is 0 Å². The Balaban J connectivity index is 2.37. The molecule has 0 saturated carbocycles. The molecule has 2 rings (SSSR count). The second-order valence-electron chi connectivity index (χ2n) is 7.35. The third-order valence-electron chi connectivity index (χ3n) is 6.01. The van der Waals surface area contributed by atoms with Crippen molar-refractivity contribution in [1.82, 2.24) is 0 Å². The van der Waals surface area contributed by atoms with E-state index in [9.17, 15) is 0 Å². The van der Waals surface area contributed by atoms with Crippen LogP contribution in [0.5, 0.6) is 0 Å². The van der Waals surface area contributed by atoms with Gasteiger partial charge in [-0.25, -0.2) is 0 Å². The van der Waals surface area contributed by atoms with Crippen LogP contribution in [-0.4, -0.2) is 14.9 Å². The van der Waals surface area contributed by atoms with Crippen LogP contribution < -0.4 is 0 Å². The molecule has 2 aliphatic rings. The van der Waals surface area contributed by atoms with Gasteiger partial charge in [0.25, 0.3) is 0 Å². The molecule has 0 saturated heterocycles. The predicted octanol–water partition coefficient (Wildman–Crippen LogP) is 3.65. The van der Waals surface area contributed by atoms with Crippen LogP contribution >= 0.6 is 0 Å². The average molecular weight is 483 g/mol. The van der Waals surface area contributed by atoms with Crippen molar-refractivity contribution in [1.29, 1.82) is 0 Å². The van der Waals surface area contributed by atoms with Gasteiger partial charge in [-0.05, 0) is 0 Å². The molecule has 116 valence electrons. The summed E-state index contributed by atoms with van der Waals surface area (Å²) >= 11 is -2.34. The minimum absolute atomic E-state index is 0.550. The van der Waals surface area contributed by atoms with Crippen molar-refractivity contribution >= 4 is 14.9 Å². The van der Waals surface area contributed by atoms with E-state index in [0.29, 0.717) is 6.34 Å². The molecule has 0 radical (unpaired) electrons. The summed E-state index contributed by atoms with van der Waals surface area (Å²) in [7, 11) is 2.99. The molecule has 21 heavy (non-hydrogen) atoms. The molecule has 0 spiro atoms. The van der Waals surface area contributed by atoms with E-state index in [0.717, 1.165) is 0 Å². The van der Waals surface area contributed by atoms with E-state index in [2.05, 4.69) is 62.5 Å². The molecule has 0 bridgehead atoms. The maximum absolute atomic E-state index is 2.64. The molecule has 0 unspecified atom stereocenters.